The molecule has 0 aliphatic heterocycles. The molecule has 0 aromatic carbocycles. The molecule has 0 radical (unpaired) electrons. The quantitative estimate of drug-likeness (QED) is 0.266. The van der Waals surface area contributed by atoms with E-state index >= 15 is 0 Å². The van der Waals surface area contributed by atoms with E-state index in [1.54, 1.807) is 0 Å². The number of unbranched alkanes of at least 4 members (excludes halogenated alkanes) is 5. The Labute approximate surface area is 134 Å². The molecular weight excluding hydrogens is 254 g/mol. The minimum atomic E-state index is 0.782. The van der Waals surface area contributed by atoms with Crippen molar-refractivity contribution in [3.05, 3.63) is 24.3 Å². The number of nitrogens with zero attached hydrogens (tertiary/aromatic N) is 1. The molecule has 0 N–H and O–H groups in total. The van der Waals surface area contributed by atoms with Crippen molar-refractivity contribution in [2.45, 2.75) is 90.5 Å². The van der Waals surface area contributed by atoms with Gasteiger partial charge in [0.15, 0.2) is 0 Å². The molecule has 0 amide bonds. The van der Waals surface area contributed by atoms with Crippen molar-refractivity contribution in [2.75, 3.05) is 14.1 Å². The first-order chi connectivity index (χ1) is 10.2. The molecule has 0 spiro atoms. The lowest BCUT2D eigenvalue weighted by molar-refractivity contribution is 0.257. The molecule has 0 saturated heterocycles. The van der Waals surface area contributed by atoms with Gasteiger partial charge in [0.05, 0.1) is 0 Å². The lowest BCUT2D eigenvalue weighted by atomic mass is 10.0. The summed E-state index contributed by atoms with van der Waals surface area (Å²) in [5.74, 6) is 0. The molecule has 1 heteroatoms. The highest BCUT2D eigenvalue weighted by atomic mass is 15.1. The van der Waals surface area contributed by atoms with E-state index in [1.165, 1.54) is 64.2 Å². The monoisotopic (exact) mass is 293 g/mol. The summed E-state index contributed by atoms with van der Waals surface area (Å²) in [5.41, 5.74) is 0. The van der Waals surface area contributed by atoms with E-state index in [2.05, 4.69) is 57.1 Å². The topological polar surface area (TPSA) is 3.24 Å². The van der Waals surface area contributed by atoms with Crippen LogP contribution in [0.4, 0.5) is 0 Å². The highest BCUT2D eigenvalue weighted by Gasteiger charge is 2.08. The van der Waals surface area contributed by atoms with Crippen molar-refractivity contribution in [3.63, 3.8) is 0 Å². The van der Waals surface area contributed by atoms with Crippen LogP contribution in [-0.2, 0) is 0 Å². The average molecular weight is 294 g/mol. The third-order valence-electron chi connectivity index (χ3n) is 4.09. The van der Waals surface area contributed by atoms with Crippen LogP contribution >= 0.6 is 0 Å². The lowest BCUT2D eigenvalue weighted by Gasteiger charge is -2.23. The van der Waals surface area contributed by atoms with Gasteiger partial charge >= 0.3 is 0 Å². The Hall–Kier alpha value is -0.560. The van der Waals surface area contributed by atoms with Gasteiger partial charge in [-0.15, -0.1) is 0 Å². The smallest absolute Gasteiger partial charge is 0.00890 e. The average Bonchev–Trinajstić information content (AvgIpc) is 2.47. The standard InChI is InChI=1S/C20H39N/c1-5-7-8-9-10-11-12-13-14-15-16-17-19-20(18-6-2)21(3)4/h10-11,13-14,20H,5-9,12,15-19H2,1-4H3/b11-10-,14-13-. The van der Waals surface area contributed by atoms with Crippen molar-refractivity contribution in [1.82, 2.24) is 4.90 Å². The molecule has 0 aromatic heterocycles. The summed E-state index contributed by atoms with van der Waals surface area (Å²) in [5, 5.41) is 0. The van der Waals surface area contributed by atoms with Crippen molar-refractivity contribution in [2.24, 2.45) is 0 Å². The van der Waals surface area contributed by atoms with E-state index in [4.69, 9.17) is 0 Å². The Morgan fingerprint density at radius 1 is 0.714 bits per heavy atom. The van der Waals surface area contributed by atoms with E-state index in [9.17, 15) is 0 Å². The fourth-order valence-corrected chi connectivity index (χ4v) is 2.66. The first-order valence-corrected chi connectivity index (χ1v) is 9.18. The van der Waals surface area contributed by atoms with E-state index in [-0.39, 0.29) is 0 Å². The van der Waals surface area contributed by atoms with Gasteiger partial charge in [-0.3, -0.25) is 0 Å². The number of rotatable bonds is 14. The van der Waals surface area contributed by atoms with E-state index in [0.29, 0.717) is 0 Å². The molecule has 0 heterocycles. The van der Waals surface area contributed by atoms with Crippen molar-refractivity contribution >= 4 is 0 Å². The third-order valence-corrected chi connectivity index (χ3v) is 4.09. The zero-order valence-corrected chi connectivity index (χ0v) is 15.1. The van der Waals surface area contributed by atoms with Crippen LogP contribution in [0.1, 0.15) is 84.5 Å². The molecule has 0 bridgehead atoms. The predicted octanol–water partition coefficient (Wildman–Crippen LogP) is 6.36. The maximum absolute atomic E-state index is 2.39. The van der Waals surface area contributed by atoms with Gasteiger partial charge in [-0.05, 0) is 59.0 Å². The van der Waals surface area contributed by atoms with E-state index in [1.807, 2.05) is 0 Å². The van der Waals surface area contributed by atoms with Crippen LogP contribution in [0.25, 0.3) is 0 Å². The molecule has 0 fully saturated rings. The Bertz CT molecular complexity index is 253. The van der Waals surface area contributed by atoms with Gasteiger partial charge < -0.3 is 4.90 Å². The zero-order chi connectivity index (χ0) is 15.8. The first-order valence-electron chi connectivity index (χ1n) is 9.18. The summed E-state index contributed by atoms with van der Waals surface area (Å²) in [7, 11) is 4.43. The summed E-state index contributed by atoms with van der Waals surface area (Å²) in [6.07, 6.45) is 23.7. The predicted molar refractivity (Wildman–Crippen MR) is 97.9 cm³/mol. The maximum Gasteiger partial charge on any atom is 0.00890 e. The fourth-order valence-electron chi connectivity index (χ4n) is 2.66. The summed E-state index contributed by atoms with van der Waals surface area (Å²) in [6.45, 7) is 4.55. The number of allylic oxidation sites excluding steroid dienone is 4. The highest BCUT2D eigenvalue weighted by Crippen LogP contribution is 2.13. The van der Waals surface area contributed by atoms with Gasteiger partial charge in [0.1, 0.15) is 0 Å². The van der Waals surface area contributed by atoms with Crippen LogP contribution in [-0.4, -0.2) is 25.0 Å². The van der Waals surface area contributed by atoms with Gasteiger partial charge in [-0.1, -0.05) is 63.8 Å². The fraction of sp³-hybridized carbons (Fsp3) is 0.800. The van der Waals surface area contributed by atoms with Gasteiger partial charge in [0, 0.05) is 6.04 Å². The normalized spacial score (nSPS) is 13.8. The second kappa shape index (κ2) is 15.8. The van der Waals surface area contributed by atoms with E-state index in [0.717, 1.165) is 12.5 Å². The van der Waals surface area contributed by atoms with Crippen LogP contribution in [0.2, 0.25) is 0 Å². The maximum atomic E-state index is 2.39. The van der Waals surface area contributed by atoms with Crippen LogP contribution in [0, 0.1) is 0 Å². The molecule has 0 aliphatic carbocycles. The second-order valence-electron chi connectivity index (χ2n) is 6.36. The van der Waals surface area contributed by atoms with Gasteiger partial charge in [-0.2, -0.15) is 0 Å². The molecule has 0 rings (SSSR count). The molecule has 1 nitrogen and oxygen atoms in total. The van der Waals surface area contributed by atoms with Gasteiger partial charge in [-0.25, -0.2) is 0 Å². The van der Waals surface area contributed by atoms with Crippen LogP contribution < -0.4 is 0 Å². The van der Waals surface area contributed by atoms with Crippen molar-refractivity contribution in [3.8, 4) is 0 Å². The Morgan fingerprint density at radius 2 is 1.33 bits per heavy atom. The highest BCUT2D eigenvalue weighted by molar-refractivity contribution is 4.92. The van der Waals surface area contributed by atoms with Gasteiger partial charge in [0.25, 0.3) is 0 Å². The Kier molecular flexibility index (Phi) is 15.4. The minimum Gasteiger partial charge on any atom is -0.306 e. The minimum absolute atomic E-state index is 0.782. The van der Waals surface area contributed by atoms with Crippen LogP contribution in [0.3, 0.4) is 0 Å². The summed E-state index contributed by atoms with van der Waals surface area (Å²) in [6, 6.07) is 0.782. The molecule has 0 aliphatic rings. The molecule has 124 valence electrons. The molecular formula is C20H39N. The summed E-state index contributed by atoms with van der Waals surface area (Å²) in [4.78, 5) is 2.39. The SMILES string of the molecule is CCCCC/C=C\C/C=C\CCCCC(CCC)N(C)C. The zero-order valence-electron chi connectivity index (χ0n) is 15.1. The third kappa shape index (κ3) is 14.2. The lowest BCUT2D eigenvalue weighted by Crippen LogP contribution is -2.27. The first kappa shape index (κ1) is 20.4. The van der Waals surface area contributed by atoms with E-state index < -0.39 is 0 Å². The van der Waals surface area contributed by atoms with Crippen LogP contribution in [0.15, 0.2) is 24.3 Å². The second-order valence-corrected chi connectivity index (χ2v) is 6.36. The van der Waals surface area contributed by atoms with Crippen molar-refractivity contribution < 1.29 is 0 Å². The summed E-state index contributed by atoms with van der Waals surface area (Å²) >= 11 is 0. The molecule has 21 heavy (non-hydrogen) atoms. The van der Waals surface area contributed by atoms with Crippen LogP contribution in [0.5, 0.6) is 0 Å². The molecule has 0 saturated carbocycles. The molecule has 0 aromatic rings. The van der Waals surface area contributed by atoms with Crippen molar-refractivity contribution in [1.29, 1.82) is 0 Å². The number of hydrogen-bond acceptors (Lipinski definition) is 1. The molecule has 1 unspecified atom stereocenters. The Morgan fingerprint density at radius 3 is 1.86 bits per heavy atom. The Balaban J connectivity index is 3.47. The van der Waals surface area contributed by atoms with Gasteiger partial charge in [0.2, 0.25) is 0 Å². The largest absolute Gasteiger partial charge is 0.306 e. The summed E-state index contributed by atoms with van der Waals surface area (Å²) < 4.78 is 0. The number of hydrogen-bond donors (Lipinski definition) is 0. The molecule has 1 atom stereocenters.